The van der Waals surface area contributed by atoms with Gasteiger partial charge >= 0.3 is 0 Å². The van der Waals surface area contributed by atoms with Crippen LogP contribution in [0.4, 0.5) is 0 Å². The summed E-state index contributed by atoms with van der Waals surface area (Å²) < 4.78 is 1.73. The van der Waals surface area contributed by atoms with Crippen LogP contribution >= 0.6 is 0 Å². The fourth-order valence-corrected chi connectivity index (χ4v) is 2.58. The van der Waals surface area contributed by atoms with Gasteiger partial charge in [-0.3, -0.25) is 9.59 Å². The second kappa shape index (κ2) is 10.1. The molecule has 0 aliphatic heterocycles. The van der Waals surface area contributed by atoms with Gasteiger partial charge in [0.05, 0.1) is 12.2 Å². The van der Waals surface area contributed by atoms with Crippen molar-refractivity contribution in [2.75, 3.05) is 0 Å². The smallest absolute Gasteiger partial charge is 0.223 e. The van der Waals surface area contributed by atoms with Crippen molar-refractivity contribution in [1.29, 1.82) is 0 Å². The van der Waals surface area contributed by atoms with Gasteiger partial charge < -0.3 is 15.0 Å². The molecule has 1 rings (SSSR count). The van der Waals surface area contributed by atoms with Gasteiger partial charge in [0.1, 0.15) is 0 Å². The SMILES string of the molecule is CCCCCCCCCC(=O)NCc1c(O)c(=O)cc(C)n1C. The van der Waals surface area contributed by atoms with Crippen molar-refractivity contribution < 1.29 is 9.90 Å². The number of amides is 1. The number of hydrogen-bond donors (Lipinski definition) is 2. The van der Waals surface area contributed by atoms with Gasteiger partial charge in [0.25, 0.3) is 0 Å². The van der Waals surface area contributed by atoms with Crippen LogP contribution in [-0.4, -0.2) is 15.6 Å². The number of carbonyl (C=O) groups is 1. The van der Waals surface area contributed by atoms with Crippen molar-refractivity contribution in [3.8, 4) is 5.75 Å². The molecule has 0 saturated carbocycles. The van der Waals surface area contributed by atoms with Crippen LogP contribution in [-0.2, 0) is 18.4 Å². The van der Waals surface area contributed by atoms with Crippen LogP contribution in [0, 0.1) is 6.92 Å². The van der Waals surface area contributed by atoms with Gasteiger partial charge in [-0.1, -0.05) is 45.4 Å². The van der Waals surface area contributed by atoms with E-state index in [4.69, 9.17) is 0 Å². The van der Waals surface area contributed by atoms with Crippen molar-refractivity contribution in [2.45, 2.75) is 71.8 Å². The molecule has 0 unspecified atom stereocenters. The van der Waals surface area contributed by atoms with Crippen molar-refractivity contribution in [1.82, 2.24) is 9.88 Å². The van der Waals surface area contributed by atoms with Gasteiger partial charge in [-0.05, 0) is 13.3 Å². The Kier molecular flexibility index (Phi) is 8.45. The normalized spacial score (nSPS) is 10.7. The van der Waals surface area contributed by atoms with Gasteiger partial charge in [-0.2, -0.15) is 0 Å². The van der Waals surface area contributed by atoms with Crippen LogP contribution in [0.25, 0.3) is 0 Å². The third-order valence-corrected chi connectivity index (χ3v) is 4.24. The average Bonchev–Trinajstić information content (AvgIpc) is 2.52. The number of nitrogens with zero attached hydrogens (tertiary/aromatic N) is 1. The summed E-state index contributed by atoms with van der Waals surface area (Å²) in [5.74, 6) is -0.318. The van der Waals surface area contributed by atoms with Gasteiger partial charge in [0.2, 0.25) is 11.3 Å². The summed E-state index contributed by atoms with van der Waals surface area (Å²) in [5.41, 5.74) is 0.795. The molecule has 1 aromatic rings. The van der Waals surface area contributed by atoms with Crippen molar-refractivity contribution in [2.24, 2.45) is 7.05 Å². The summed E-state index contributed by atoms with van der Waals surface area (Å²) in [6.07, 6.45) is 8.70. The maximum absolute atomic E-state index is 11.9. The highest BCUT2D eigenvalue weighted by molar-refractivity contribution is 5.75. The molecule has 130 valence electrons. The number of aromatic hydroxyl groups is 1. The summed E-state index contributed by atoms with van der Waals surface area (Å²) >= 11 is 0. The van der Waals surface area contributed by atoms with Gasteiger partial charge in [-0.15, -0.1) is 0 Å². The lowest BCUT2D eigenvalue weighted by molar-refractivity contribution is -0.121. The number of aromatic nitrogens is 1. The predicted molar refractivity (Wildman–Crippen MR) is 92.5 cm³/mol. The molecule has 5 nitrogen and oxygen atoms in total. The molecule has 0 aromatic carbocycles. The summed E-state index contributed by atoms with van der Waals surface area (Å²) in [5, 5.41) is 12.6. The monoisotopic (exact) mass is 322 g/mol. The molecule has 1 heterocycles. The first-order valence-electron chi connectivity index (χ1n) is 8.62. The Hall–Kier alpha value is -1.78. The summed E-state index contributed by atoms with van der Waals surface area (Å²) in [6.45, 7) is 4.17. The van der Waals surface area contributed by atoms with E-state index in [2.05, 4.69) is 12.2 Å². The Morgan fingerprint density at radius 3 is 2.43 bits per heavy atom. The highest BCUT2D eigenvalue weighted by atomic mass is 16.3. The first kappa shape index (κ1) is 19.3. The second-order valence-corrected chi connectivity index (χ2v) is 6.15. The molecule has 0 aliphatic rings. The van der Waals surface area contributed by atoms with E-state index in [-0.39, 0.29) is 18.2 Å². The number of unbranched alkanes of at least 4 members (excludes halogenated alkanes) is 6. The van der Waals surface area contributed by atoms with E-state index in [1.807, 2.05) is 0 Å². The highest BCUT2D eigenvalue weighted by Crippen LogP contribution is 2.13. The summed E-state index contributed by atoms with van der Waals surface area (Å²) in [6, 6.07) is 1.39. The van der Waals surface area contributed by atoms with Gasteiger partial charge in [-0.25, -0.2) is 0 Å². The van der Waals surface area contributed by atoms with Crippen LogP contribution in [0.15, 0.2) is 10.9 Å². The Labute approximate surface area is 138 Å². The molecule has 0 atom stereocenters. The van der Waals surface area contributed by atoms with Crippen LogP contribution < -0.4 is 10.7 Å². The number of carbonyl (C=O) groups excluding carboxylic acids is 1. The molecule has 5 heteroatoms. The van der Waals surface area contributed by atoms with E-state index in [0.29, 0.717) is 12.1 Å². The molecule has 1 amide bonds. The minimum Gasteiger partial charge on any atom is -0.503 e. The van der Waals surface area contributed by atoms with Crippen molar-refractivity contribution >= 4 is 5.91 Å². The van der Waals surface area contributed by atoms with Crippen molar-refractivity contribution in [3.63, 3.8) is 0 Å². The lowest BCUT2D eigenvalue weighted by Crippen LogP contribution is -2.26. The summed E-state index contributed by atoms with van der Waals surface area (Å²) in [7, 11) is 1.77. The molecule has 2 N–H and O–H groups in total. The zero-order valence-electron chi connectivity index (χ0n) is 14.7. The number of pyridine rings is 1. The maximum Gasteiger partial charge on any atom is 0.223 e. The standard InChI is InChI=1S/C18H30N2O3/c1-4-5-6-7-8-9-10-11-17(22)19-13-15-18(23)16(21)12-14(2)20(15)3/h12,23H,4-11,13H2,1-3H3,(H,19,22). The van der Waals surface area contributed by atoms with E-state index in [1.54, 1.807) is 18.5 Å². The van der Waals surface area contributed by atoms with Gasteiger partial charge in [0.15, 0.2) is 5.75 Å². The van der Waals surface area contributed by atoms with E-state index < -0.39 is 5.43 Å². The molecular formula is C18H30N2O3. The zero-order chi connectivity index (χ0) is 17.2. The molecule has 0 aliphatic carbocycles. The minimum absolute atomic E-state index is 0.0353. The van der Waals surface area contributed by atoms with E-state index in [1.165, 1.54) is 38.2 Å². The molecule has 1 aromatic heterocycles. The lowest BCUT2D eigenvalue weighted by atomic mass is 10.1. The van der Waals surface area contributed by atoms with Gasteiger partial charge in [0, 0.05) is 25.2 Å². The number of rotatable bonds is 10. The maximum atomic E-state index is 11.9. The molecule has 0 saturated heterocycles. The Bertz CT molecular complexity index is 564. The number of nitrogens with one attached hydrogen (secondary N) is 1. The summed E-state index contributed by atoms with van der Waals surface area (Å²) in [4.78, 5) is 23.5. The topological polar surface area (TPSA) is 71.3 Å². The average molecular weight is 322 g/mol. The Balaban J connectivity index is 2.33. The fraction of sp³-hybridized carbons (Fsp3) is 0.667. The molecule has 0 radical (unpaired) electrons. The Morgan fingerprint density at radius 2 is 1.78 bits per heavy atom. The fourth-order valence-electron chi connectivity index (χ4n) is 2.58. The predicted octanol–water partition coefficient (Wildman–Crippen LogP) is 3.16. The third kappa shape index (κ3) is 6.47. The molecular weight excluding hydrogens is 292 g/mol. The minimum atomic E-state index is -0.406. The first-order chi connectivity index (χ1) is 11.0. The molecule has 23 heavy (non-hydrogen) atoms. The van der Waals surface area contributed by atoms with E-state index in [9.17, 15) is 14.7 Å². The van der Waals surface area contributed by atoms with E-state index in [0.717, 1.165) is 18.5 Å². The number of hydrogen-bond acceptors (Lipinski definition) is 3. The second-order valence-electron chi connectivity index (χ2n) is 6.15. The Morgan fingerprint density at radius 1 is 1.17 bits per heavy atom. The number of aryl methyl sites for hydroxylation is 1. The van der Waals surface area contributed by atoms with Crippen LogP contribution in [0.3, 0.4) is 0 Å². The zero-order valence-corrected chi connectivity index (χ0v) is 14.7. The largest absolute Gasteiger partial charge is 0.503 e. The highest BCUT2D eigenvalue weighted by Gasteiger charge is 2.11. The quantitative estimate of drug-likeness (QED) is 0.650. The van der Waals surface area contributed by atoms with Crippen molar-refractivity contribution in [3.05, 3.63) is 27.7 Å². The first-order valence-corrected chi connectivity index (χ1v) is 8.62. The van der Waals surface area contributed by atoms with Crippen LogP contribution in [0.2, 0.25) is 0 Å². The lowest BCUT2D eigenvalue weighted by Gasteiger charge is -2.14. The van der Waals surface area contributed by atoms with Crippen LogP contribution in [0.1, 0.15) is 69.7 Å². The van der Waals surface area contributed by atoms with E-state index >= 15 is 0 Å². The molecule has 0 spiro atoms. The molecule has 0 fully saturated rings. The molecule has 0 bridgehead atoms. The third-order valence-electron chi connectivity index (χ3n) is 4.24. The van der Waals surface area contributed by atoms with Crippen LogP contribution in [0.5, 0.6) is 5.75 Å².